The number of nitrogens with zero attached hydrogens (tertiary/aromatic N) is 5. The Morgan fingerprint density at radius 2 is 1.52 bits per heavy atom. The number of rotatable bonds is 3. The van der Waals surface area contributed by atoms with E-state index in [1.807, 2.05) is 29.2 Å². The fourth-order valence-corrected chi connectivity index (χ4v) is 4.76. The molecule has 3 heterocycles. The molecule has 1 unspecified atom stereocenters. The molecule has 5 rings (SSSR count). The van der Waals surface area contributed by atoms with Gasteiger partial charge in [0.2, 0.25) is 11.9 Å². The van der Waals surface area contributed by atoms with Gasteiger partial charge in [-0.15, -0.1) is 0 Å². The summed E-state index contributed by atoms with van der Waals surface area (Å²) in [7, 11) is 0. The third-order valence-electron chi connectivity index (χ3n) is 6.33. The average molecular weight is 462 g/mol. The fraction of sp³-hybridized carbons (Fsp3) is 0.280. The van der Waals surface area contributed by atoms with Crippen molar-refractivity contribution in [3.05, 3.63) is 88.7 Å². The molecule has 33 heavy (non-hydrogen) atoms. The van der Waals surface area contributed by atoms with Crippen LogP contribution in [0.5, 0.6) is 0 Å². The van der Waals surface area contributed by atoms with Crippen LogP contribution in [0.4, 0.5) is 5.95 Å². The van der Waals surface area contributed by atoms with Crippen LogP contribution in [-0.2, 0) is 17.8 Å². The normalized spacial score (nSPS) is 18.1. The quantitative estimate of drug-likeness (QED) is 0.599. The predicted octanol–water partition coefficient (Wildman–Crippen LogP) is 3.05. The minimum Gasteiger partial charge on any atom is -0.337 e. The molecule has 2 aliphatic rings. The Kier molecular flexibility index (Phi) is 5.96. The van der Waals surface area contributed by atoms with E-state index in [2.05, 4.69) is 14.9 Å². The highest BCUT2D eigenvalue weighted by atomic mass is 35.5. The summed E-state index contributed by atoms with van der Waals surface area (Å²) < 4.78 is 0. The van der Waals surface area contributed by atoms with Crippen molar-refractivity contribution in [1.82, 2.24) is 19.8 Å². The van der Waals surface area contributed by atoms with Gasteiger partial charge in [0.05, 0.1) is 10.6 Å². The topological polar surface area (TPSA) is 69.6 Å². The molecule has 0 N–H and O–H groups in total. The molecule has 0 radical (unpaired) electrons. The van der Waals surface area contributed by atoms with Gasteiger partial charge >= 0.3 is 0 Å². The van der Waals surface area contributed by atoms with E-state index < -0.39 is 6.04 Å². The monoisotopic (exact) mass is 461 g/mol. The van der Waals surface area contributed by atoms with E-state index in [0.29, 0.717) is 55.7 Å². The van der Waals surface area contributed by atoms with Crippen molar-refractivity contribution in [2.24, 2.45) is 0 Å². The van der Waals surface area contributed by atoms with E-state index >= 15 is 0 Å². The van der Waals surface area contributed by atoms with E-state index in [0.717, 1.165) is 11.1 Å². The third-order valence-corrected chi connectivity index (χ3v) is 6.65. The summed E-state index contributed by atoms with van der Waals surface area (Å²) in [5.74, 6) is 0.426. The Bertz CT molecular complexity index is 1160. The maximum atomic E-state index is 13.7. The van der Waals surface area contributed by atoms with Crippen molar-refractivity contribution in [3.8, 4) is 0 Å². The molecule has 7 nitrogen and oxygen atoms in total. The van der Waals surface area contributed by atoms with Gasteiger partial charge < -0.3 is 14.7 Å². The van der Waals surface area contributed by atoms with Gasteiger partial charge in [0.15, 0.2) is 0 Å². The first-order chi connectivity index (χ1) is 16.1. The van der Waals surface area contributed by atoms with Gasteiger partial charge in [0, 0.05) is 51.5 Å². The smallest absolute Gasteiger partial charge is 0.256 e. The number of aromatic nitrogens is 2. The van der Waals surface area contributed by atoms with Crippen LogP contribution in [0.25, 0.3) is 0 Å². The first-order valence-corrected chi connectivity index (χ1v) is 11.4. The van der Waals surface area contributed by atoms with Crippen LogP contribution in [0.2, 0.25) is 5.02 Å². The minimum atomic E-state index is -0.566. The lowest BCUT2D eigenvalue weighted by Crippen LogP contribution is -2.57. The number of hydrogen-bond donors (Lipinski definition) is 0. The molecule has 0 spiro atoms. The molecule has 0 bridgehead atoms. The largest absolute Gasteiger partial charge is 0.337 e. The summed E-state index contributed by atoms with van der Waals surface area (Å²) in [6, 6.07) is 16.2. The summed E-state index contributed by atoms with van der Waals surface area (Å²) in [4.78, 5) is 41.4. The zero-order valence-corrected chi connectivity index (χ0v) is 18.9. The Morgan fingerprint density at radius 3 is 2.24 bits per heavy atom. The minimum absolute atomic E-state index is 0.0291. The Balaban J connectivity index is 1.38. The van der Waals surface area contributed by atoms with Crippen molar-refractivity contribution in [2.45, 2.75) is 19.0 Å². The number of piperazine rings is 1. The van der Waals surface area contributed by atoms with Crippen molar-refractivity contribution < 1.29 is 9.59 Å². The second kappa shape index (κ2) is 9.19. The Labute approximate surface area is 197 Å². The lowest BCUT2D eigenvalue weighted by Gasteiger charge is -2.41. The third kappa shape index (κ3) is 4.28. The first kappa shape index (κ1) is 21.4. The number of hydrogen-bond acceptors (Lipinski definition) is 5. The molecule has 1 atom stereocenters. The number of carbonyl (C=O) groups is 2. The molecule has 0 saturated carbocycles. The van der Waals surface area contributed by atoms with Crippen LogP contribution in [0.1, 0.15) is 21.5 Å². The number of fused-ring (bicyclic) bond motifs is 1. The Hall–Kier alpha value is -3.45. The summed E-state index contributed by atoms with van der Waals surface area (Å²) in [5, 5.41) is 0.393. The highest BCUT2D eigenvalue weighted by Gasteiger charge is 2.38. The van der Waals surface area contributed by atoms with Gasteiger partial charge in [-0.25, -0.2) is 9.97 Å². The predicted molar refractivity (Wildman–Crippen MR) is 126 cm³/mol. The molecule has 3 aromatic rings. The van der Waals surface area contributed by atoms with E-state index in [9.17, 15) is 9.59 Å². The van der Waals surface area contributed by atoms with E-state index in [4.69, 9.17) is 11.6 Å². The van der Waals surface area contributed by atoms with Crippen molar-refractivity contribution >= 4 is 29.4 Å². The SMILES string of the molecule is O=C(C1Cc2ccccc2CN1C(=O)c1ccccc1Cl)N1CCN(c2ncccn2)CC1. The molecule has 2 amide bonds. The molecular weight excluding hydrogens is 438 g/mol. The summed E-state index contributed by atoms with van der Waals surface area (Å²) in [6.07, 6.45) is 3.93. The lowest BCUT2D eigenvalue weighted by atomic mass is 9.92. The van der Waals surface area contributed by atoms with Crippen molar-refractivity contribution in [1.29, 1.82) is 0 Å². The van der Waals surface area contributed by atoms with Gasteiger partial charge in [0.25, 0.3) is 5.91 Å². The molecule has 1 aromatic heterocycles. The second-order valence-electron chi connectivity index (χ2n) is 8.26. The Morgan fingerprint density at radius 1 is 0.848 bits per heavy atom. The molecule has 2 aromatic carbocycles. The van der Waals surface area contributed by atoms with Crippen LogP contribution in [0, 0.1) is 0 Å². The second-order valence-corrected chi connectivity index (χ2v) is 8.67. The van der Waals surface area contributed by atoms with Gasteiger partial charge in [-0.1, -0.05) is 48.0 Å². The van der Waals surface area contributed by atoms with Crippen LogP contribution >= 0.6 is 11.6 Å². The summed E-state index contributed by atoms with van der Waals surface area (Å²) in [5.41, 5.74) is 2.59. The average Bonchev–Trinajstić information content (AvgIpc) is 2.88. The van der Waals surface area contributed by atoms with Crippen LogP contribution in [0.3, 0.4) is 0 Å². The maximum Gasteiger partial charge on any atom is 0.256 e. The first-order valence-electron chi connectivity index (χ1n) is 11.0. The lowest BCUT2D eigenvalue weighted by molar-refractivity contribution is -0.137. The van der Waals surface area contributed by atoms with Gasteiger partial charge in [-0.05, 0) is 29.3 Å². The summed E-state index contributed by atoms with van der Waals surface area (Å²) in [6.45, 7) is 2.80. The van der Waals surface area contributed by atoms with E-state index in [1.54, 1.807) is 47.6 Å². The highest BCUT2D eigenvalue weighted by Crippen LogP contribution is 2.28. The molecule has 1 saturated heterocycles. The summed E-state index contributed by atoms with van der Waals surface area (Å²) >= 11 is 6.33. The zero-order valence-electron chi connectivity index (χ0n) is 18.1. The number of carbonyl (C=O) groups excluding carboxylic acids is 2. The van der Waals surface area contributed by atoms with Gasteiger partial charge in [-0.3, -0.25) is 9.59 Å². The molecular formula is C25H24ClN5O2. The van der Waals surface area contributed by atoms with Crippen LogP contribution < -0.4 is 4.90 Å². The highest BCUT2D eigenvalue weighted by molar-refractivity contribution is 6.33. The van der Waals surface area contributed by atoms with Crippen LogP contribution in [-0.4, -0.2) is 63.8 Å². The van der Waals surface area contributed by atoms with Gasteiger partial charge in [0.1, 0.15) is 6.04 Å². The number of halogens is 1. The molecule has 0 aliphatic carbocycles. The van der Waals surface area contributed by atoms with E-state index in [1.165, 1.54) is 0 Å². The zero-order chi connectivity index (χ0) is 22.8. The molecule has 2 aliphatic heterocycles. The molecule has 168 valence electrons. The van der Waals surface area contributed by atoms with Crippen molar-refractivity contribution in [3.63, 3.8) is 0 Å². The van der Waals surface area contributed by atoms with Crippen LogP contribution in [0.15, 0.2) is 67.0 Å². The van der Waals surface area contributed by atoms with Crippen molar-refractivity contribution in [2.75, 3.05) is 31.1 Å². The number of benzene rings is 2. The van der Waals surface area contributed by atoms with E-state index in [-0.39, 0.29) is 11.8 Å². The number of anilines is 1. The number of amides is 2. The molecule has 8 heteroatoms. The maximum absolute atomic E-state index is 13.7. The molecule has 1 fully saturated rings. The van der Waals surface area contributed by atoms with Gasteiger partial charge in [-0.2, -0.15) is 0 Å². The standard InChI is InChI=1S/C25H24ClN5O2/c26-21-9-4-3-8-20(21)23(32)31-17-19-7-2-1-6-18(19)16-22(31)24(33)29-12-14-30(15-13-29)25-27-10-5-11-28-25/h1-11,22H,12-17H2. The fourth-order valence-electron chi connectivity index (χ4n) is 4.54.